The molecule has 0 radical (unpaired) electrons. The summed E-state index contributed by atoms with van der Waals surface area (Å²) < 4.78 is 33.3. The van der Waals surface area contributed by atoms with Gasteiger partial charge in [0.1, 0.15) is 43.6 Å². The molecule has 5 aliphatic rings. The van der Waals surface area contributed by atoms with Crippen molar-refractivity contribution in [3.63, 3.8) is 0 Å². The van der Waals surface area contributed by atoms with Crippen LogP contribution in [-0.2, 0) is 19.6 Å². The molecule has 1 aromatic carbocycles. The summed E-state index contributed by atoms with van der Waals surface area (Å²) in [5.74, 6) is 0.103. The van der Waals surface area contributed by atoms with Crippen LogP contribution in [0.3, 0.4) is 0 Å². The topological polar surface area (TPSA) is 253 Å². The largest absolute Gasteiger partial charge is 0.478 e. The number of aryl methyl sites for hydroxylation is 6. The van der Waals surface area contributed by atoms with Gasteiger partial charge in [0.2, 0.25) is 10.0 Å². The lowest BCUT2D eigenvalue weighted by atomic mass is 9.86. The maximum atomic E-state index is 13.4. The lowest BCUT2D eigenvalue weighted by molar-refractivity contribution is -0.0160. The van der Waals surface area contributed by atoms with Crippen molar-refractivity contribution in [1.82, 2.24) is 63.6 Å². The lowest BCUT2D eigenvalue weighted by Gasteiger charge is -2.52. The van der Waals surface area contributed by atoms with Gasteiger partial charge in [-0.25, -0.2) is 47.9 Å². The Kier molecular flexibility index (Phi) is 25.9. The van der Waals surface area contributed by atoms with Gasteiger partial charge in [0, 0.05) is 113 Å². The quantitative estimate of drug-likeness (QED) is 0.0602. The second-order valence-electron chi connectivity index (χ2n) is 23.5. The highest BCUT2D eigenvalue weighted by atomic mass is 35.5. The molecule has 25 heteroatoms. The van der Waals surface area contributed by atoms with E-state index in [1.807, 2.05) is 44.4 Å². The number of likely N-dealkylation sites (tertiary alicyclic amines) is 2. The molecule has 1 N–H and O–H groups in total. The first-order chi connectivity index (χ1) is 40.8. The molecule has 5 aliphatic heterocycles. The van der Waals surface area contributed by atoms with E-state index in [0.717, 1.165) is 87.0 Å². The number of benzene rings is 1. The van der Waals surface area contributed by atoms with E-state index in [-0.39, 0.29) is 78.9 Å². The van der Waals surface area contributed by atoms with E-state index < -0.39 is 16.0 Å². The van der Waals surface area contributed by atoms with E-state index in [4.69, 9.17) is 26.3 Å². The Morgan fingerprint density at radius 1 is 0.670 bits per heavy atom. The number of rotatable bonds is 12. The molecule has 0 saturated carbocycles. The molecule has 2 atom stereocenters. The number of amidine groups is 1. The Morgan fingerprint density at radius 2 is 1.09 bits per heavy atom. The summed E-state index contributed by atoms with van der Waals surface area (Å²) in [4.78, 5) is 92.5. The van der Waals surface area contributed by atoms with Gasteiger partial charge in [0.05, 0.1) is 50.2 Å². The zero-order valence-corrected chi connectivity index (χ0v) is 53.5. The minimum absolute atomic E-state index is 0. The Morgan fingerprint density at radius 3 is 1.47 bits per heavy atom. The van der Waals surface area contributed by atoms with E-state index in [0.29, 0.717) is 92.8 Å². The number of piperazine rings is 2. The van der Waals surface area contributed by atoms with Gasteiger partial charge in [0.25, 0.3) is 11.8 Å². The van der Waals surface area contributed by atoms with Crippen LogP contribution >= 0.6 is 11.6 Å². The van der Waals surface area contributed by atoms with Crippen LogP contribution in [0.25, 0.3) is 0 Å². The van der Waals surface area contributed by atoms with Crippen LogP contribution in [0.5, 0.6) is 0 Å². The fourth-order valence-electron chi connectivity index (χ4n) is 12.4. The molecule has 0 spiro atoms. The van der Waals surface area contributed by atoms with E-state index >= 15 is 0 Å². The van der Waals surface area contributed by atoms with Crippen LogP contribution in [0.4, 0.5) is 4.79 Å². The van der Waals surface area contributed by atoms with E-state index in [2.05, 4.69) is 84.0 Å². The summed E-state index contributed by atoms with van der Waals surface area (Å²) in [6.45, 7) is 34.3. The Bertz CT molecular complexity index is 3140. The fourth-order valence-corrected chi connectivity index (χ4v) is 14.2. The molecule has 0 bridgehead atoms. The monoisotopic (exact) mass is 1260 g/mol. The number of aromatic carboxylic acids is 1. The number of piperidine rings is 3. The maximum Gasteiger partial charge on any atom is 0.410 e. The van der Waals surface area contributed by atoms with Crippen LogP contribution in [-0.4, -0.2) is 222 Å². The second kappa shape index (κ2) is 31.6. The first-order valence-corrected chi connectivity index (χ1v) is 31.6. The van der Waals surface area contributed by atoms with Gasteiger partial charge in [-0.1, -0.05) is 50.3 Å². The molecular formula is C63H95ClN14O9S. The summed E-state index contributed by atoms with van der Waals surface area (Å²) in [6.07, 6.45) is 10.6. The van der Waals surface area contributed by atoms with Crippen molar-refractivity contribution in [2.45, 2.75) is 158 Å². The van der Waals surface area contributed by atoms with Crippen molar-refractivity contribution in [2.75, 3.05) is 91.8 Å². The number of carboxylic acids is 1. The number of nitrogens with zero attached hydrogens (tertiary/aromatic N) is 14. The third-order valence-electron chi connectivity index (χ3n) is 17.8. The minimum atomic E-state index is -3.62. The van der Waals surface area contributed by atoms with Crippen LogP contribution in [0.1, 0.15) is 153 Å². The predicted molar refractivity (Wildman–Crippen MR) is 341 cm³/mol. The third kappa shape index (κ3) is 16.9. The maximum absolute atomic E-state index is 13.4. The molecule has 5 saturated heterocycles. The van der Waals surface area contributed by atoms with Gasteiger partial charge in [-0.05, 0) is 133 Å². The average Bonchev–Trinajstić information content (AvgIpc) is 2.09. The number of ether oxygens (including phenoxy) is 1. The van der Waals surface area contributed by atoms with Crippen molar-refractivity contribution >= 4 is 51.3 Å². The Hall–Kier alpha value is -6.73. The first kappa shape index (κ1) is 72.0. The summed E-state index contributed by atoms with van der Waals surface area (Å²) >= 11 is 6.08. The molecule has 4 aromatic rings. The van der Waals surface area contributed by atoms with E-state index in [1.165, 1.54) is 25.0 Å². The van der Waals surface area contributed by atoms with Crippen LogP contribution < -0.4 is 0 Å². The lowest BCUT2D eigenvalue weighted by Crippen LogP contribution is -2.63. The predicted octanol–water partition coefficient (Wildman–Crippen LogP) is 8.68. The highest BCUT2D eigenvalue weighted by molar-refractivity contribution is 7.89. The molecule has 3 aromatic heterocycles. The smallest absolute Gasteiger partial charge is 0.410 e. The van der Waals surface area contributed by atoms with Crippen LogP contribution in [0.2, 0.25) is 5.02 Å². The molecule has 0 unspecified atom stereocenters. The van der Waals surface area contributed by atoms with Crippen molar-refractivity contribution in [3.05, 3.63) is 112 Å². The molecule has 484 valence electrons. The fraction of sp³-hybridized carbons (Fsp3) is 0.603. The number of amides is 3. The number of sulfonamides is 1. The zero-order valence-electron chi connectivity index (χ0n) is 52.0. The van der Waals surface area contributed by atoms with Gasteiger partial charge in [-0.3, -0.25) is 19.4 Å². The summed E-state index contributed by atoms with van der Waals surface area (Å²) in [6, 6.07) is 6.74. The average molecular weight is 1260 g/mol. The van der Waals surface area contributed by atoms with Gasteiger partial charge >= 0.3 is 12.1 Å². The molecule has 0 aliphatic carbocycles. The van der Waals surface area contributed by atoms with E-state index in [9.17, 15) is 27.6 Å². The number of oxime groups is 1. The van der Waals surface area contributed by atoms with Crippen molar-refractivity contribution < 1.29 is 42.3 Å². The second-order valence-corrected chi connectivity index (χ2v) is 25.9. The van der Waals surface area contributed by atoms with Gasteiger partial charge in [0.15, 0.2) is 0 Å². The molecule has 5 fully saturated rings. The Balaban J connectivity index is 0.000000281. The molecule has 3 amide bonds. The van der Waals surface area contributed by atoms with Gasteiger partial charge in [-0.15, -0.1) is 0 Å². The minimum Gasteiger partial charge on any atom is -0.478 e. The summed E-state index contributed by atoms with van der Waals surface area (Å²) in [5, 5.41) is 13.7. The number of aromatic nitrogens is 6. The number of carbonyl (C=O) groups is 4. The number of carbonyl (C=O) groups excluding carboxylic acids is 3. The van der Waals surface area contributed by atoms with E-state index in [1.54, 1.807) is 47.3 Å². The number of hydrogen-bond acceptors (Lipinski definition) is 17. The number of carboxylic acid groups (broad SMARTS) is 1. The highest BCUT2D eigenvalue weighted by Gasteiger charge is 2.44. The third-order valence-corrected chi connectivity index (χ3v) is 19.9. The number of hydrogen-bond donors (Lipinski definition) is 1. The highest BCUT2D eigenvalue weighted by Crippen LogP contribution is 2.35. The van der Waals surface area contributed by atoms with Crippen LogP contribution in [0, 0.1) is 47.5 Å². The zero-order chi connectivity index (χ0) is 62.7. The van der Waals surface area contributed by atoms with Gasteiger partial charge in [-0.2, -0.15) is 4.31 Å². The first-order valence-electron chi connectivity index (χ1n) is 29.8. The van der Waals surface area contributed by atoms with Crippen molar-refractivity contribution in [2.24, 2.45) is 11.1 Å². The molecule has 9 rings (SSSR count). The van der Waals surface area contributed by atoms with Crippen molar-refractivity contribution in [1.29, 1.82) is 0 Å². The standard InChI is InChI=1S/C32H46ClN7O4S.C22H33N5O3.C7H8N2O2.2CH4/c1-6-44-36-30(26-10-14-39(15-11-26)45(42,43)28-9-7-8-27(33)20-28)40-19-18-38(21-23(40)2)32(5)12-16-37(17-13-32)31(41)29-24(3)34-22-35-25(29)4;1-6-13-30-21(29)27-12-11-26(14-16(27)2)22(5)7-9-25(10-8-22)20(28)19-17(3)23-15-24-18(19)4;1-4-6(7(10)11)5(2)9-3-8-4;;/h7-9,20,22-23,26H,6,10-19,21H2,1-5H3;6,15-16H,1,7-14H2,2-5H3;3H,1-2H3,(H,10,11);2*1H4/t23-;16-;;;/m00.../s1. The molecule has 8 heterocycles. The van der Waals surface area contributed by atoms with Crippen molar-refractivity contribution in [3.8, 4) is 0 Å². The normalized spacial score (nSPS) is 20.2. The summed E-state index contributed by atoms with van der Waals surface area (Å²) in [5.41, 5.74) is 5.38. The molecule has 88 heavy (non-hydrogen) atoms. The SMILES string of the molecule is C.C.C=CCOC(=O)N1CCN(C2(C)CCN(C(=O)c3c(C)ncnc3C)CC2)C[C@@H]1C.CCON=C(C1CCN(S(=O)(=O)c2cccc(Cl)c2)CC1)N1CCN(C2(C)CCN(C(=O)c3c(C)ncnc3C)CC2)C[C@@H]1C.Cc1ncnc(C)c1C(=O)O. The summed E-state index contributed by atoms with van der Waals surface area (Å²) in [7, 11) is -3.62. The van der Waals surface area contributed by atoms with Crippen LogP contribution in [0.15, 0.2) is 66.0 Å². The molecular weight excluding hydrogens is 1160 g/mol. The molecule has 23 nitrogen and oxygen atoms in total. The Labute approximate surface area is 527 Å². The van der Waals surface area contributed by atoms with Gasteiger partial charge < -0.3 is 34.3 Å². The number of halogens is 1.